The van der Waals surface area contributed by atoms with Crippen molar-refractivity contribution in [2.75, 3.05) is 25.0 Å². The van der Waals surface area contributed by atoms with E-state index in [1.165, 1.54) is 0 Å². The Hall–Kier alpha value is 0.350. The van der Waals surface area contributed by atoms with E-state index < -0.39 is 10.2 Å². The van der Waals surface area contributed by atoms with Gasteiger partial charge in [-0.15, -0.1) is 0 Å². The molecule has 0 aromatic heterocycles. The first-order valence-electron chi connectivity index (χ1n) is 5.83. The zero-order valence-electron chi connectivity index (χ0n) is 10.0. The third kappa shape index (κ3) is 3.42. The normalized spacial score (nSPS) is 19.6. The van der Waals surface area contributed by atoms with Crippen molar-refractivity contribution in [3.05, 3.63) is 0 Å². The summed E-state index contributed by atoms with van der Waals surface area (Å²) >= 11 is 3.31. The van der Waals surface area contributed by atoms with Gasteiger partial charge >= 0.3 is 0 Å². The first-order valence-corrected chi connectivity index (χ1v) is 8.35. The second-order valence-corrected chi connectivity index (χ2v) is 7.04. The number of halogens is 1. The zero-order valence-corrected chi connectivity index (χ0v) is 12.4. The molecule has 1 heterocycles. The minimum absolute atomic E-state index is 0.0180. The van der Waals surface area contributed by atoms with Crippen LogP contribution in [0.25, 0.3) is 0 Å². The van der Waals surface area contributed by atoms with E-state index in [1.807, 2.05) is 13.8 Å². The van der Waals surface area contributed by atoms with Gasteiger partial charge in [0.25, 0.3) is 10.2 Å². The van der Waals surface area contributed by atoms with Crippen molar-refractivity contribution in [1.29, 1.82) is 0 Å². The first-order chi connectivity index (χ1) is 7.50. The number of hydrogen-bond acceptors (Lipinski definition) is 2. The van der Waals surface area contributed by atoms with Crippen molar-refractivity contribution in [3.8, 4) is 0 Å². The Kier molecular flexibility index (Phi) is 5.70. The molecule has 6 heteroatoms. The molecule has 0 radical (unpaired) electrons. The van der Waals surface area contributed by atoms with Crippen LogP contribution in [-0.4, -0.2) is 48.0 Å². The molecule has 0 aliphatic carbocycles. The third-order valence-electron chi connectivity index (χ3n) is 2.82. The molecule has 0 atom stereocenters. The molecule has 0 saturated carbocycles. The van der Waals surface area contributed by atoms with E-state index in [4.69, 9.17) is 0 Å². The monoisotopic (exact) mass is 312 g/mol. The molecule has 0 spiro atoms. The van der Waals surface area contributed by atoms with Crippen LogP contribution in [0.1, 0.15) is 33.1 Å². The molecule has 96 valence electrons. The summed E-state index contributed by atoms with van der Waals surface area (Å²) in [6, 6.07) is 0.0180. The van der Waals surface area contributed by atoms with Crippen molar-refractivity contribution in [2.24, 2.45) is 0 Å². The second-order valence-electron chi connectivity index (χ2n) is 4.36. The Bertz CT molecular complexity index is 300. The van der Waals surface area contributed by atoms with Gasteiger partial charge in [0.15, 0.2) is 0 Å². The summed E-state index contributed by atoms with van der Waals surface area (Å²) in [7, 11) is -3.25. The number of rotatable bonds is 5. The predicted molar refractivity (Wildman–Crippen MR) is 70.0 cm³/mol. The summed E-state index contributed by atoms with van der Waals surface area (Å²) in [6.45, 7) is 5.73. The largest absolute Gasteiger partial charge is 0.282 e. The van der Waals surface area contributed by atoms with Crippen molar-refractivity contribution in [3.63, 3.8) is 0 Å². The van der Waals surface area contributed by atoms with E-state index in [2.05, 4.69) is 15.9 Å². The Morgan fingerprint density at radius 3 is 2.25 bits per heavy atom. The maximum absolute atomic E-state index is 12.3. The van der Waals surface area contributed by atoms with Crippen LogP contribution >= 0.6 is 15.9 Å². The lowest BCUT2D eigenvalue weighted by Crippen LogP contribution is -2.49. The summed E-state index contributed by atoms with van der Waals surface area (Å²) in [5.74, 6) is 0. The summed E-state index contributed by atoms with van der Waals surface area (Å²) in [5.41, 5.74) is 0. The quantitative estimate of drug-likeness (QED) is 0.727. The van der Waals surface area contributed by atoms with Gasteiger partial charge < -0.3 is 0 Å². The van der Waals surface area contributed by atoms with Gasteiger partial charge in [0.2, 0.25) is 0 Å². The van der Waals surface area contributed by atoms with E-state index in [-0.39, 0.29) is 6.04 Å². The topological polar surface area (TPSA) is 40.6 Å². The Morgan fingerprint density at radius 1 is 1.25 bits per heavy atom. The first kappa shape index (κ1) is 14.4. The lowest BCUT2D eigenvalue weighted by Gasteiger charge is -2.33. The van der Waals surface area contributed by atoms with Gasteiger partial charge in [-0.2, -0.15) is 17.0 Å². The van der Waals surface area contributed by atoms with Crippen molar-refractivity contribution in [2.45, 2.75) is 39.2 Å². The number of nitrogens with zero attached hydrogens (tertiary/aromatic N) is 2. The van der Waals surface area contributed by atoms with Gasteiger partial charge in [0.05, 0.1) is 0 Å². The molecule has 0 unspecified atom stereocenters. The molecule has 1 fully saturated rings. The average molecular weight is 313 g/mol. The molecule has 0 N–H and O–H groups in total. The Labute approximate surface area is 107 Å². The zero-order chi connectivity index (χ0) is 12.2. The van der Waals surface area contributed by atoms with E-state index in [1.54, 1.807) is 8.61 Å². The summed E-state index contributed by atoms with van der Waals surface area (Å²) in [6.07, 6.45) is 3.12. The van der Waals surface area contributed by atoms with Crippen LogP contribution in [0.4, 0.5) is 0 Å². The van der Waals surface area contributed by atoms with Gasteiger partial charge in [-0.25, -0.2) is 0 Å². The summed E-state index contributed by atoms with van der Waals surface area (Å²) in [5, 5.41) is 0.679. The van der Waals surface area contributed by atoms with Crippen LogP contribution in [0.5, 0.6) is 0 Å². The second kappa shape index (κ2) is 6.33. The lowest BCUT2D eigenvalue weighted by atomic mass is 10.2. The number of piperidine rings is 1. The van der Waals surface area contributed by atoms with Gasteiger partial charge in [-0.05, 0) is 26.7 Å². The van der Waals surface area contributed by atoms with Crippen molar-refractivity contribution >= 4 is 26.1 Å². The minimum atomic E-state index is -3.25. The van der Waals surface area contributed by atoms with Gasteiger partial charge in [-0.1, -0.05) is 22.4 Å². The smallest absolute Gasteiger partial charge is 0.195 e. The average Bonchev–Trinajstić information content (AvgIpc) is 2.26. The van der Waals surface area contributed by atoms with E-state index >= 15 is 0 Å². The highest BCUT2D eigenvalue weighted by molar-refractivity contribution is 9.09. The van der Waals surface area contributed by atoms with Crippen LogP contribution in [0.15, 0.2) is 0 Å². The fourth-order valence-corrected chi connectivity index (χ4v) is 4.46. The SMILES string of the molecule is CC(C)N(CCBr)S(=O)(=O)N1CCCCC1. The van der Waals surface area contributed by atoms with E-state index in [9.17, 15) is 8.42 Å². The van der Waals surface area contributed by atoms with Crippen molar-refractivity contribution in [1.82, 2.24) is 8.61 Å². The molecule has 0 bridgehead atoms. The lowest BCUT2D eigenvalue weighted by molar-refractivity contribution is 0.288. The van der Waals surface area contributed by atoms with Gasteiger partial charge in [0, 0.05) is 31.0 Å². The summed E-state index contributed by atoms with van der Waals surface area (Å²) < 4.78 is 27.9. The molecular formula is C10H21BrN2O2S. The fraction of sp³-hybridized carbons (Fsp3) is 1.00. The molecular weight excluding hydrogens is 292 g/mol. The minimum Gasteiger partial charge on any atom is -0.195 e. The molecule has 0 amide bonds. The molecule has 4 nitrogen and oxygen atoms in total. The molecule has 16 heavy (non-hydrogen) atoms. The Balaban J connectivity index is 2.79. The van der Waals surface area contributed by atoms with Gasteiger partial charge in [0.1, 0.15) is 0 Å². The van der Waals surface area contributed by atoms with Crippen LogP contribution in [0, 0.1) is 0 Å². The highest BCUT2D eigenvalue weighted by Gasteiger charge is 2.31. The fourth-order valence-electron chi connectivity index (χ4n) is 1.97. The van der Waals surface area contributed by atoms with Crippen molar-refractivity contribution < 1.29 is 8.42 Å². The van der Waals surface area contributed by atoms with Crippen LogP contribution in [0.2, 0.25) is 0 Å². The predicted octanol–water partition coefficient (Wildman–Crippen LogP) is 1.82. The molecule has 1 rings (SSSR count). The third-order valence-corrected chi connectivity index (χ3v) is 5.39. The molecule has 1 saturated heterocycles. The molecule has 0 aromatic rings. The highest BCUT2D eigenvalue weighted by atomic mass is 79.9. The highest BCUT2D eigenvalue weighted by Crippen LogP contribution is 2.18. The summed E-state index contributed by atoms with van der Waals surface area (Å²) in [4.78, 5) is 0. The standard InChI is InChI=1S/C10H21BrN2O2S/c1-10(2)13(9-6-11)16(14,15)12-7-4-3-5-8-12/h10H,3-9H2,1-2H3. The van der Waals surface area contributed by atoms with Gasteiger partial charge in [-0.3, -0.25) is 0 Å². The Morgan fingerprint density at radius 2 is 1.81 bits per heavy atom. The maximum atomic E-state index is 12.3. The van der Waals surface area contributed by atoms with E-state index in [0.29, 0.717) is 25.0 Å². The van der Waals surface area contributed by atoms with Crippen LogP contribution in [-0.2, 0) is 10.2 Å². The maximum Gasteiger partial charge on any atom is 0.282 e. The number of hydrogen-bond donors (Lipinski definition) is 0. The molecule has 1 aliphatic rings. The number of alkyl halides is 1. The molecule has 0 aromatic carbocycles. The van der Waals surface area contributed by atoms with Crippen LogP contribution in [0.3, 0.4) is 0 Å². The van der Waals surface area contributed by atoms with Crippen LogP contribution < -0.4 is 0 Å². The molecule has 1 aliphatic heterocycles. The van der Waals surface area contributed by atoms with E-state index in [0.717, 1.165) is 19.3 Å².